The van der Waals surface area contributed by atoms with Crippen LogP contribution in [0.25, 0.3) is 5.57 Å². The van der Waals surface area contributed by atoms with Gasteiger partial charge >= 0.3 is 0 Å². The van der Waals surface area contributed by atoms with Gasteiger partial charge in [0.15, 0.2) is 0 Å². The molecule has 0 radical (unpaired) electrons. The van der Waals surface area contributed by atoms with E-state index in [1.54, 1.807) is 5.57 Å². The van der Waals surface area contributed by atoms with Crippen LogP contribution in [0, 0.1) is 0 Å². The zero-order valence-corrected chi connectivity index (χ0v) is 12.9. The van der Waals surface area contributed by atoms with Crippen molar-refractivity contribution in [2.24, 2.45) is 0 Å². The molecular formula is C18H16S2. The SMILES string of the molecule is c1ccc2c(c1)Sc1ccccc1C2=C1CCSCC1. The van der Waals surface area contributed by atoms with E-state index in [-0.39, 0.29) is 0 Å². The Morgan fingerprint density at radius 2 is 1.25 bits per heavy atom. The Hall–Kier alpha value is -1.12. The Morgan fingerprint density at radius 1 is 0.700 bits per heavy atom. The number of hydrogen-bond donors (Lipinski definition) is 0. The molecule has 0 nitrogen and oxygen atoms in total. The van der Waals surface area contributed by atoms with Crippen molar-refractivity contribution >= 4 is 29.1 Å². The first-order valence-corrected chi connectivity index (χ1v) is 9.07. The summed E-state index contributed by atoms with van der Waals surface area (Å²) in [4.78, 5) is 2.82. The summed E-state index contributed by atoms with van der Waals surface area (Å²) in [5.41, 5.74) is 6.07. The second-order valence-electron chi connectivity index (χ2n) is 5.19. The minimum atomic E-state index is 1.24. The second kappa shape index (κ2) is 5.34. The van der Waals surface area contributed by atoms with Crippen molar-refractivity contribution in [3.63, 3.8) is 0 Å². The Morgan fingerprint density at radius 3 is 1.85 bits per heavy atom. The van der Waals surface area contributed by atoms with Crippen LogP contribution in [-0.4, -0.2) is 11.5 Å². The highest BCUT2D eigenvalue weighted by molar-refractivity contribution is 7.99. The minimum Gasteiger partial charge on any atom is -0.161 e. The molecule has 2 aromatic carbocycles. The molecule has 0 saturated carbocycles. The Labute approximate surface area is 128 Å². The van der Waals surface area contributed by atoms with Gasteiger partial charge in [-0.3, -0.25) is 0 Å². The van der Waals surface area contributed by atoms with E-state index in [4.69, 9.17) is 0 Å². The fraction of sp³-hybridized carbons (Fsp3) is 0.222. The first-order chi connectivity index (χ1) is 9.93. The number of benzene rings is 2. The van der Waals surface area contributed by atoms with Gasteiger partial charge in [-0.1, -0.05) is 53.7 Å². The molecule has 2 aliphatic rings. The minimum absolute atomic E-state index is 1.24. The monoisotopic (exact) mass is 296 g/mol. The van der Waals surface area contributed by atoms with Gasteiger partial charge in [-0.2, -0.15) is 11.8 Å². The fourth-order valence-corrected chi connectivity index (χ4v) is 5.11. The van der Waals surface area contributed by atoms with E-state index in [0.717, 1.165) is 0 Å². The Kier molecular flexibility index (Phi) is 3.37. The largest absolute Gasteiger partial charge is 0.161 e. The van der Waals surface area contributed by atoms with Crippen molar-refractivity contribution in [2.75, 3.05) is 11.5 Å². The molecule has 2 heterocycles. The molecule has 4 rings (SSSR count). The van der Waals surface area contributed by atoms with Gasteiger partial charge in [-0.05, 0) is 53.2 Å². The quantitative estimate of drug-likeness (QED) is 0.539. The van der Waals surface area contributed by atoms with E-state index in [0.29, 0.717) is 0 Å². The van der Waals surface area contributed by atoms with Crippen molar-refractivity contribution in [3.05, 3.63) is 65.2 Å². The third kappa shape index (κ3) is 2.11. The van der Waals surface area contributed by atoms with Crippen molar-refractivity contribution in [2.45, 2.75) is 22.6 Å². The van der Waals surface area contributed by atoms with Gasteiger partial charge in [0.25, 0.3) is 0 Å². The summed E-state index contributed by atoms with van der Waals surface area (Å²) in [6.07, 6.45) is 2.49. The van der Waals surface area contributed by atoms with Crippen molar-refractivity contribution in [1.29, 1.82) is 0 Å². The summed E-state index contributed by atoms with van der Waals surface area (Å²) < 4.78 is 0. The predicted molar refractivity (Wildman–Crippen MR) is 89.6 cm³/mol. The van der Waals surface area contributed by atoms with Crippen LogP contribution < -0.4 is 0 Å². The summed E-state index contributed by atoms with van der Waals surface area (Å²) in [7, 11) is 0. The maximum absolute atomic E-state index is 2.29. The van der Waals surface area contributed by atoms with Gasteiger partial charge in [-0.15, -0.1) is 0 Å². The van der Waals surface area contributed by atoms with Gasteiger partial charge < -0.3 is 0 Å². The van der Waals surface area contributed by atoms with Crippen LogP contribution in [0.5, 0.6) is 0 Å². The van der Waals surface area contributed by atoms with Crippen molar-refractivity contribution < 1.29 is 0 Å². The summed E-state index contributed by atoms with van der Waals surface area (Å²) in [6, 6.07) is 17.8. The normalized spacial score (nSPS) is 17.6. The topological polar surface area (TPSA) is 0 Å². The Balaban J connectivity index is 1.97. The molecule has 0 N–H and O–H groups in total. The van der Waals surface area contributed by atoms with Crippen LogP contribution in [0.4, 0.5) is 0 Å². The number of allylic oxidation sites excluding steroid dienone is 1. The lowest BCUT2D eigenvalue weighted by Gasteiger charge is -2.26. The van der Waals surface area contributed by atoms with Gasteiger partial charge in [0.1, 0.15) is 0 Å². The molecule has 100 valence electrons. The maximum Gasteiger partial charge on any atom is 0.0201 e. The third-order valence-corrected chi connectivity index (χ3v) is 6.12. The molecule has 0 spiro atoms. The molecule has 0 amide bonds. The zero-order valence-electron chi connectivity index (χ0n) is 11.3. The molecule has 2 aromatic rings. The molecule has 20 heavy (non-hydrogen) atoms. The first-order valence-electron chi connectivity index (χ1n) is 7.10. The van der Waals surface area contributed by atoms with Gasteiger partial charge in [0.05, 0.1) is 0 Å². The number of thioether (sulfide) groups is 1. The van der Waals surface area contributed by atoms with E-state index in [1.165, 1.54) is 50.8 Å². The van der Waals surface area contributed by atoms with E-state index in [2.05, 4.69) is 60.3 Å². The first kappa shape index (κ1) is 12.6. The lowest BCUT2D eigenvalue weighted by molar-refractivity contribution is 0.965. The molecule has 0 unspecified atom stereocenters. The van der Waals surface area contributed by atoms with E-state index >= 15 is 0 Å². The molecule has 0 aliphatic carbocycles. The van der Waals surface area contributed by atoms with Crippen LogP contribution in [0.15, 0.2) is 63.9 Å². The molecule has 1 saturated heterocycles. The van der Waals surface area contributed by atoms with Crippen molar-refractivity contribution in [1.82, 2.24) is 0 Å². The van der Waals surface area contributed by atoms with Gasteiger partial charge in [0.2, 0.25) is 0 Å². The van der Waals surface area contributed by atoms with Crippen LogP contribution in [0.3, 0.4) is 0 Å². The number of fused-ring (bicyclic) bond motifs is 2. The molecule has 2 heteroatoms. The van der Waals surface area contributed by atoms with Crippen LogP contribution in [0.1, 0.15) is 24.0 Å². The predicted octanol–water partition coefficient (Wildman–Crippen LogP) is 5.48. The highest BCUT2D eigenvalue weighted by Crippen LogP contribution is 2.47. The third-order valence-electron chi connectivity index (χ3n) is 3.98. The molecular weight excluding hydrogens is 280 g/mol. The van der Waals surface area contributed by atoms with Crippen LogP contribution in [0.2, 0.25) is 0 Å². The maximum atomic E-state index is 2.29. The van der Waals surface area contributed by atoms with Crippen LogP contribution in [-0.2, 0) is 0 Å². The van der Waals surface area contributed by atoms with E-state index in [9.17, 15) is 0 Å². The fourth-order valence-electron chi connectivity index (χ4n) is 3.04. The Bertz CT molecular complexity index is 630. The highest BCUT2D eigenvalue weighted by atomic mass is 32.2. The molecule has 1 fully saturated rings. The van der Waals surface area contributed by atoms with E-state index in [1.807, 2.05) is 11.8 Å². The average Bonchev–Trinajstić information content (AvgIpc) is 2.53. The lowest BCUT2D eigenvalue weighted by atomic mass is 9.90. The second-order valence-corrected chi connectivity index (χ2v) is 7.49. The number of rotatable bonds is 0. The van der Waals surface area contributed by atoms with Crippen LogP contribution >= 0.6 is 23.5 Å². The molecule has 0 aromatic heterocycles. The molecule has 0 bridgehead atoms. The van der Waals surface area contributed by atoms with Crippen molar-refractivity contribution in [3.8, 4) is 0 Å². The summed E-state index contributed by atoms with van der Waals surface area (Å²) in [5.74, 6) is 2.55. The summed E-state index contributed by atoms with van der Waals surface area (Å²) in [6.45, 7) is 0. The standard InChI is InChI=1S/C18H16S2/c1-3-7-16-14(5-1)18(13-9-11-19-12-10-13)15-6-2-4-8-17(15)20-16/h1-8H,9-12H2. The van der Waals surface area contributed by atoms with Gasteiger partial charge in [0, 0.05) is 9.79 Å². The lowest BCUT2D eigenvalue weighted by Crippen LogP contribution is -2.06. The molecule has 0 atom stereocenters. The molecule has 2 aliphatic heterocycles. The summed E-state index contributed by atoms with van der Waals surface area (Å²) >= 11 is 4.00. The highest BCUT2D eigenvalue weighted by Gasteiger charge is 2.23. The smallest absolute Gasteiger partial charge is 0.0201 e. The summed E-state index contributed by atoms with van der Waals surface area (Å²) in [5, 5.41) is 0. The number of hydrogen-bond acceptors (Lipinski definition) is 2. The zero-order chi connectivity index (χ0) is 13.4. The van der Waals surface area contributed by atoms with Gasteiger partial charge in [-0.25, -0.2) is 0 Å². The average molecular weight is 296 g/mol. The van der Waals surface area contributed by atoms with E-state index < -0.39 is 0 Å².